The molecule has 28 heavy (non-hydrogen) atoms. The Morgan fingerprint density at radius 2 is 0.393 bits per heavy atom. The van der Waals surface area contributed by atoms with Crippen LogP contribution in [0.1, 0.15) is 0 Å². The van der Waals surface area contributed by atoms with Crippen molar-refractivity contribution in [2.75, 3.05) is 0 Å². The first-order valence-electron chi connectivity index (χ1n) is 6.59. The van der Waals surface area contributed by atoms with Gasteiger partial charge in [0.25, 0.3) is 0 Å². The van der Waals surface area contributed by atoms with Crippen molar-refractivity contribution in [3.8, 4) is 0 Å². The van der Waals surface area contributed by atoms with Crippen LogP contribution >= 0.6 is 0 Å². The maximum Gasteiger partial charge on any atom is 0.335 e. The van der Waals surface area contributed by atoms with Crippen molar-refractivity contribution < 1.29 is 0 Å². The van der Waals surface area contributed by atoms with Gasteiger partial charge in [-0.2, -0.15) is 0 Å². The Hall–Kier alpha value is -2.92. The highest BCUT2D eigenvalue weighted by Gasteiger charge is 2.06. The van der Waals surface area contributed by atoms with Crippen LogP contribution in [0.4, 0.5) is 0 Å². The van der Waals surface area contributed by atoms with Gasteiger partial charge in [-0.15, -0.1) is 0 Å². The fourth-order valence-electron chi connectivity index (χ4n) is 1.84. The molecule has 0 saturated heterocycles. The smallest absolute Gasteiger partial charge is 0.248 e. The van der Waals surface area contributed by atoms with Crippen molar-refractivity contribution in [2.45, 2.75) is 0 Å². The van der Waals surface area contributed by atoms with Gasteiger partial charge in [0.2, 0.25) is 0 Å². The molecule has 144 valence electrons. The molecule has 0 aliphatic heterocycles. The molecule has 2 rings (SSSR count). The summed E-state index contributed by atoms with van der Waals surface area (Å²) in [6.45, 7) is 0. The molecule has 0 unspecified atom stereocenters. The molecule has 0 atom stereocenters. The second-order valence-electron chi connectivity index (χ2n) is 5.05. The molecule has 2 aromatic rings. The van der Waals surface area contributed by atoms with Crippen molar-refractivity contribution in [1.29, 1.82) is 0 Å². The summed E-state index contributed by atoms with van der Waals surface area (Å²) in [7, 11) is 7.94. The average molecular weight is 386 g/mol. The van der Waals surface area contributed by atoms with Crippen LogP contribution in [-0.2, 0) is 42.3 Å². The second-order valence-corrected chi connectivity index (χ2v) is 5.05. The highest BCUT2D eigenvalue weighted by molar-refractivity contribution is 5.76. The molecule has 12 radical (unpaired) electrons. The van der Waals surface area contributed by atoms with E-state index >= 15 is 0 Å². The van der Waals surface area contributed by atoms with Gasteiger partial charge in [0.15, 0.2) is 0 Å². The SMILES string of the molecule is Cn1c(=O)n(C)c(=O)n(C)c1=O.Cn1c(=O)n(C)c(=O)n(C)c1=O.[B].[B].[B].[B]. The lowest BCUT2D eigenvalue weighted by Gasteiger charge is -2.02. The van der Waals surface area contributed by atoms with Crippen molar-refractivity contribution in [3.05, 3.63) is 62.9 Å². The molecule has 2 aromatic heterocycles. The molecular formula is C12H18B4N6O6. The topological polar surface area (TPSA) is 132 Å². The summed E-state index contributed by atoms with van der Waals surface area (Å²) in [6, 6.07) is 0. The van der Waals surface area contributed by atoms with Crippen molar-refractivity contribution >= 4 is 33.7 Å². The predicted molar refractivity (Wildman–Crippen MR) is 107 cm³/mol. The van der Waals surface area contributed by atoms with Crippen molar-refractivity contribution in [1.82, 2.24) is 27.4 Å². The predicted octanol–water partition coefficient (Wildman–Crippen LogP) is -5.96. The van der Waals surface area contributed by atoms with E-state index < -0.39 is 34.1 Å². The first-order valence-corrected chi connectivity index (χ1v) is 6.59. The van der Waals surface area contributed by atoms with E-state index in [1.165, 1.54) is 42.3 Å². The Morgan fingerprint density at radius 3 is 0.464 bits per heavy atom. The minimum absolute atomic E-state index is 0. The van der Waals surface area contributed by atoms with E-state index in [-0.39, 0.29) is 33.7 Å². The first kappa shape index (κ1) is 32.7. The van der Waals surface area contributed by atoms with Crippen LogP contribution in [0.5, 0.6) is 0 Å². The van der Waals surface area contributed by atoms with Gasteiger partial charge in [0, 0.05) is 75.9 Å². The summed E-state index contributed by atoms with van der Waals surface area (Å²) in [5.41, 5.74) is -3.65. The second kappa shape index (κ2) is 11.7. The fourth-order valence-corrected chi connectivity index (χ4v) is 1.84. The van der Waals surface area contributed by atoms with Crippen LogP contribution in [0, 0.1) is 0 Å². The fraction of sp³-hybridized carbons (Fsp3) is 0.500. The van der Waals surface area contributed by atoms with Crippen molar-refractivity contribution in [2.24, 2.45) is 42.3 Å². The van der Waals surface area contributed by atoms with E-state index in [0.717, 1.165) is 27.4 Å². The van der Waals surface area contributed by atoms with E-state index in [1.54, 1.807) is 0 Å². The number of hydrogen-bond donors (Lipinski definition) is 0. The zero-order valence-electron chi connectivity index (χ0n) is 16.4. The number of rotatable bonds is 0. The van der Waals surface area contributed by atoms with Gasteiger partial charge in [-0.05, 0) is 0 Å². The Kier molecular flexibility index (Phi) is 13.7. The highest BCUT2D eigenvalue weighted by atomic mass is 16.2. The molecule has 12 nitrogen and oxygen atoms in total. The molecular weight excluding hydrogens is 367 g/mol. The van der Waals surface area contributed by atoms with Crippen LogP contribution in [0.25, 0.3) is 0 Å². The molecule has 0 aromatic carbocycles. The van der Waals surface area contributed by atoms with Crippen LogP contribution in [0.2, 0.25) is 0 Å². The Balaban J connectivity index is -0.000000180. The van der Waals surface area contributed by atoms with Gasteiger partial charge in [0.1, 0.15) is 0 Å². The van der Waals surface area contributed by atoms with E-state index in [4.69, 9.17) is 0 Å². The normalized spacial score (nSPS) is 8.79. The van der Waals surface area contributed by atoms with E-state index in [2.05, 4.69) is 0 Å². The van der Waals surface area contributed by atoms with Gasteiger partial charge in [-0.1, -0.05) is 0 Å². The standard InChI is InChI=1S/2C6H9N3O3.4B/c2*1-7-4(10)8(2)6(12)9(3)5(7)11;;;;/h2*1-3H3;;;;. The lowest BCUT2D eigenvalue weighted by Crippen LogP contribution is -2.51. The number of hydrogen-bond acceptors (Lipinski definition) is 6. The van der Waals surface area contributed by atoms with Crippen LogP contribution in [0.3, 0.4) is 0 Å². The molecule has 2 heterocycles. The lowest BCUT2D eigenvalue weighted by molar-refractivity contribution is 0.551. The zero-order chi connectivity index (χ0) is 18.9. The monoisotopic (exact) mass is 386 g/mol. The molecule has 0 amide bonds. The van der Waals surface area contributed by atoms with Gasteiger partial charge in [-0.3, -0.25) is 0 Å². The quantitative estimate of drug-likeness (QED) is 0.415. The third-order valence-corrected chi connectivity index (χ3v) is 3.44. The summed E-state index contributed by atoms with van der Waals surface area (Å²) < 4.78 is 5.26. The van der Waals surface area contributed by atoms with Gasteiger partial charge < -0.3 is 0 Å². The molecule has 0 N–H and O–H groups in total. The highest BCUT2D eigenvalue weighted by Crippen LogP contribution is 1.59. The average Bonchev–Trinajstić information content (AvgIpc) is 2.58. The zero-order valence-corrected chi connectivity index (χ0v) is 16.4. The largest absolute Gasteiger partial charge is 0.335 e. The molecule has 0 aliphatic carbocycles. The molecule has 0 saturated carbocycles. The molecule has 0 aliphatic rings. The minimum Gasteiger partial charge on any atom is -0.248 e. The minimum atomic E-state index is -0.608. The van der Waals surface area contributed by atoms with E-state index in [0.29, 0.717) is 0 Å². The Bertz CT molecular complexity index is 857. The molecule has 0 spiro atoms. The molecule has 0 fully saturated rings. The summed E-state index contributed by atoms with van der Waals surface area (Å²) in [6.07, 6.45) is 0. The molecule has 0 bridgehead atoms. The molecule has 16 heteroatoms. The van der Waals surface area contributed by atoms with Gasteiger partial charge in [0.05, 0.1) is 0 Å². The third-order valence-electron chi connectivity index (χ3n) is 3.44. The number of aromatic nitrogens is 6. The van der Waals surface area contributed by atoms with Crippen LogP contribution < -0.4 is 34.1 Å². The Labute approximate surface area is 167 Å². The Morgan fingerprint density at radius 1 is 0.321 bits per heavy atom. The third kappa shape index (κ3) is 5.54. The maximum atomic E-state index is 11.1. The summed E-state index contributed by atoms with van der Waals surface area (Å²) in [5, 5.41) is 0. The maximum absolute atomic E-state index is 11.1. The van der Waals surface area contributed by atoms with Gasteiger partial charge >= 0.3 is 34.1 Å². The van der Waals surface area contributed by atoms with Crippen LogP contribution in [0.15, 0.2) is 28.8 Å². The van der Waals surface area contributed by atoms with Crippen molar-refractivity contribution in [3.63, 3.8) is 0 Å². The van der Waals surface area contributed by atoms with E-state index in [9.17, 15) is 28.8 Å². The van der Waals surface area contributed by atoms with Gasteiger partial charge in [-0.25, -0.2) is 56.2 Å². The summed E-state index contributed by atoms with van der Waals surface area (Å²) in [5.74, 6) is 0. The lowest BCUT2D eigenvalue weighted by atomic mass is 10.8. The number of nitrogens with zero attached hydrogens (tertiary/aromatic N) is 6. The first-order chi connectivity index (χ1) is 10.9. The summed E-state index contributed by atoms with van der Waals surface area (Å²) >= 11 is 0. The van der Waals surface area contributed by atoms with Crippen LogP contribution in [-0.4, -0.2) is 61.1 Å². The summed E-state index contributed by atoms with van der Waals surface area (Å²) in [4.78, 5) is 66.4. The van der Waals surface area contributed by atoms with E-state index in [1.807, 2.05) is 0 Å².